The zero-order valence-corrected chi connectivity index (χ0v) is 15.7. The molecule has 0 atom stereocenters. The first-order valence-corrected chi connectivity index (χ1v) is 9.31. The van der Waals surface area contributed by atoms with Crippen LogP contribution in [0.2, 0.25) is 0 Å². The smallest absolute Gasteiger partial charge is 0.289 e. The topological polar surface area (TPSA) is 69.9 Å². The van der Waals surface area contributed by atoms with Crippen molar-refractivity contribution >= 4 is 11.8 Å². The molecule has 144 valence electrons. The molecule has 2 aromatic heterocycles. The lowest BCUT2D eigenvalue weighted by Crippen LogP contribution is -2.49. The fourth-order valence-electron chi connectivity index (χ4n) is 3.15. The van der Waals surface area contributed by atoms with Crippen molar-refractivity contribution in [3.8, 4) is 0 Å². The van der Waals surface area contributed by atoms with Crippen molar-refractivity contribution in [1.82, 2.24) is 19.7 Å². The molecule has 0 spiro atoms. The number of carbonyl (C=O) groups excluding carboxylic acids is 2. The second-order valence-corrected chi connectivity index (χ2v) is 6.78. The summed E-state index contributed by atoms with van der Waals surface area (Å²) in [6.45, 7) is 4.30. The number of likely N-dealkylation sites (N-methyl/N-ethyl adjacent to an activating group) is 1. The maximum absolute atomic E-state index is 12.3. The van der Waals surface area contributed by atoms with Gasteiger partial charge in [0.2, 0.25) is 5.91 Å². The number of carbonyl (C=O) groups is 2. The summed E-state index contributed by atoms with van der Waals surface area (Å²) in [4.78, 5) is 34.4. The summed E-state index contributed by atoms with van der Waals surface area (Å²) < 4.78 is 5.18. The van der Waals surface area contributed by atoms with E-state index in [9.17, 15) is 9.59 Å². The van der Waals surface area contributed by atoms with Crippen LogP contribution >= 0.6 is 0 Å². The van der Waals surface area contributed by atoms with E-state index in [1.54, 1.807) is 34.3 Å². The number of amides is 2. The predicted molar refractivity (Wildman–Crippen MR) is 101 cm³/mol. The number of nitrogens with zero attached hydrogens (tertiary/aromatic N) is 4. The van der Waals surface area contributed by atoms with Gasteiger partial charge in [-0.2, -0.15) is 0 Å². The second-order valence-electron chi connectivity index (χ2n) is 6.78. The van der Waals surface area contributed by atoms with Crippen LogP contribution in [0.25, 0.3) is 0 Å². The Balaban J connectivity index is 1.35. The minimum Gasteiger partial charge on any atom is -0.459 e. The summed E-state index contributed by atoms with van der Waals surface area (Å²) in [5.74, 6) is 0.471. The van der Waals surface area contributed by atoms with Gasteiger partial charge >= 0.3 is 0 Å². The number of aromatic nitrogens is 1. The SMILES string of the molecule is CN(CCc1ccncc1)C(=O)CCN1CCN(C(=O)c2ccco2)CC1. The van der Waals surface area contributed by atoms with Crippen molar-refractivity contribution in [2.24, 2.45) is 0 Å². The molecule has 0 saturated carbocycles. The molecular formula is C20H26N4O3. The maximum atomic E-state index is 12.3. The fraction of sp³-hybridized carbons (Fsp3) is 0.450. The van der Waals surface area contributed by atoms with Gasteiger partial charge in [-0.3, -0.25) is 19.5 Å². The third-order valence-electron chi connectivity index (χ3n) is 4.94. The highest BCUT2D eigenvalue weighted by Crippen LogP contribution is 2.10. The number of hydrogen-bond donors (Lipinski definition) is 0. The number of hydrogen-bond acceptors (Lipinski definition) is 5. The minimum atomic E-state index is -0.0634. The third kappa shape index (κ3) is 5.40. The van der Waals surface area contributed by atoms with Crippen molar-refractivity contribution in [3.63, 3.8) is 0 Å². The highest BCUT2D eigenvalue weighted by molar-refractivity contribution is 5.91. The maximum Gasteiger partial charge on any atom is 0.289 e. The standard InChI is InChI=1S/C20H26N4O3/c1-22(10-6-17-4-8-21-9-5-17)19(25)7-11-23-12-14-24(15-13-23)20(26)18-3-2-16-27-18/h2-5,8-9,16H,6-7,10-15H2,1H3. The molecule has 0 unspecified atom stereocenters. The first-order valence-electron chi connectivity index (χ1n) is 9.31. The van der Waals surface area contributed by atoms with Gasteiger partial charge in [0.1, 0.15) is 0 Å². The molecule has 1 saturated heterocycles. The zero-order valence-electron chi connectivity index (χ0n) is 15.7. The van der Waals surface area contributed by atoms with E-state index >= 15 is 0 Å². The van der Waals surface area contributed by atoms with Crippen LogP contribution in [0.5, 0.6) is 0 Å². The Labute approximate surface area is 159 Å². The van der Waals surface area contributed by atoms with Crippen LogP contribution in [0, 0.1) is 0 Å². The molecule has 1 aliphatic heterocycles. The molecule has 1 aliphatic rings. The minimum absolute atomic E-state index is 0.0634. The van der Waals surface area contributed by atoms with Gasteiger partial charge in [-0.05, 0) is 36.2 Å². The fourth-order valence-corrected chi connectivity index (χ4v) is 3.15. The number of furan rings is 1. The van der Waals surface area contributed by atoms with E-state index in [-0.39, 0.29) is 11.8 Å². The van der Waals surface area contributed by atoms with Crippen molar-refractivity contribution in [2.45, 2.75) is 12.8 Å². The first kappa shape index (κ1) is 19.1. The van der Waals surface area contributed by atoms with E-state index in [1.807, 2.05) is 19.2 Å². The molecule has 27 heavy (non-hydrogen) atoms. The molecule has 3 heterocycles. The molecule has 0 aliphatic carbocycles. The number of pyridine rings is 1. The lowest BCUT2D eigenvalue weighted by Gasteiger charge is -2.34. The lowest BCUT2D eigenvalue weighted by molar-refractivity contribution is -0.130. The first-order chi connectivity index (χ1) is 13.1. The highest BCUT2D eigenvalue weighted by Gasteiger charge is 2.24. The number of piperazine rings is 1. The van der Waals surface area contributed by atoms with Gasteiger partial charge in [-0.25, -0.2) is 0 Å². The van der Waals surface area contributed by atoms with Gasteiger partial charge in [0, 0.05) is 65.1 Å². The van der Waals surface area contributed by atoms with E-state index in [0.717, 1.165) is 26.1 Å². The lowest BCUT2D eigenvalue weighted by atomic mass is 10.2. The van der Waals surface area contributed by atoms with Crippen molar-refractivity contribution < 1.29 is 14.0 Å². The van der Waals surface area contributed by atoms with Gasteiger partial charge in [0.15, 0.2) is 5.76 Å². The highest BCUT2D eigenvalue weighted by atomic mass is 16.3. The Morgan fingerprint density at radius 2 is 1.89 bits per heavy atom. The Morgan fingerprint density at radius 1 is 1.15 bits per heavy atom. The van der Waals surface area contributed by atoms with Crippen LogP contribution in [-0.2, 0) is 11.2 Å². The number of rotatable bonds is 7. The summed E-state index contributed by atoms with van der Waals surface area (Å²) in [7, 11) is 1.85. The normalized spacial score (nSPS) is 14.9. The molecule has 0 bridgehead atoms. The Hall–Kier alpha value is -2.67. The van der Waals surface area contributed by atoms with Gasteiger partial charge in [0.25, 0.3) is 5.91 Å². The molecular weight excluding hydrogens is 344 g/mol. The van der Waals surface area contributed by atoms with Gasteiger partial charge in [-0.1, -0.05) is 0 Å². The second kappa shape index (κ2) is 9.32. The quantitative estimate of drug-likeness (QED) is 0.739. The Kier molecular flexibility index (Phi) is 6.59. The summed E-state index contributed by atoms with van der Waals surface area (Å²) in [5, 5.41) is 0. The summed E-state index contributed by atoms with van der Waals surface area (Å²) in [6.07, 6.45) is 6.39. The Bertz CT molecular complexity index is 725. The largest absolute Gasteiger partial charge is 0.459 e. The molecule has 0 N–H and O–H groups in total. The predicted octanol–water partition coefficient (Wildman–Crippen LogP) is 1.52. The molecule has 2 aromatic rings. The molecule has 1 fully saturated rings. The van der Waals surface area contributed by atoms with Crippen LogP contribution in [0.4, 0.5) is 0 Å². The van der Waals surface area contributed by atoms with E-state index in [1.165, 1.54) is 11.8 Å². The van der Waals surface area contributed by atoms with Crippen LogP contribution in [-0.4, -0.2) is 77.8 Å². The van der Waals surface area contributed by atoms with Gasteiger partial charge < -0.3 is 14.2 Å². The molecule has 0 aromatic carbocycles. The van der Waals surface area contributed by atoms with Gasteiger partial charge in [0.05, 0.1) is 6.26 Å². The summed E-state index contributed by atoms with van der Waals surface area (Å²) in [6, 6.07) is 7.36. The van der Waals surface area contributed by atoms with Crippen LogP contribution in [0.15, 0.2) is 47.3 Å². The summed E-state index contributed by atoms with van der Waals surface area (Å²) >= 11 is 0. The molecule has 2 amide bonds. The van der Waals surface area contributed by atoms with E-state index in [0.29, 0.717) is 31.8 Å². The molecule has 0 radical (unpaired) electrons. The monoisotopic (exact) mass is 370 g/mol. The third-order valence-corrected chi connectivity index (χ3v) is 4.94. The molecule has 7 heteroatoms. The molecule has 7 nitrogen and oxygen atoms in total. The van der Waals surface area contributed by atoms with E-state index < -0.39 is 0 Å². The Morgan fingerprint density at radius 3 is 2.56 bits per heavy atom. The summed E-state index contributed by atoms with van der Waals surface area (Å²) in [5.41, 5.74) is 1.18. The van der Waals surface area contributed by atoms with Crippen molar-refractivity contribution in [1.29, 1.82) is 0 Å². The average Bonchev–Trinajstić information content (AvgIpc) is 3.25. The van der Waals surface area contributed by atoms with E-state index in [2.05, 4.69) is 9.88 Å². The van der Waals surface area contributed by atoms with Crippen molar-refractivity contribution in [3.05, 3.63) is 54.2 Å². The average molecular weight is 370 g/mol. The van der Waals surface area contributed by atoms with E-state index in [4.69, 9.17) is 4.42 Å². The van der Waals surface area contributed by atoms with Crippen LogP contribution < -0.4 is 0 Å². The van der Waals surface area contributed by atoms with Crippen molar-refractivity contribution in [2.75, 3.05) is 46.3 Å². The van der Waals surface area contributed by atoms with Gasteiger partial charge in [-0.15, -0.1) is 0 Å². The van der Waals surface area contributed by atoms with Crippen LogP contribution in [0.3, 0.4) is 0 Å². The molecule has 3 rings (SSSR count). The zero-order chi connectivity index (χ0) is 19.1. The van der Waals surface area contributed by atoms with Crippen LogP contribution in [0.1, 0.15) is 22.5 Å².